The summed E-state index contributed by atoms with van der Waals surface area (Å²) in [6.07, 6.45) is 5.36. The average molecular weight is 557 g/mol. The van der Waals surface area contributed by atoms with E-state index in [9.17, 15) is 9.59 Å². The molecule has 0 radical (unpaired) electrons. The molecular formula is C29H25FN6O3S. The predicted molar refractivity (Wildman–Crippen MR) is 153 cm³/mol. The summed E-state index contributed by atoms with van der Waals surface area (Å²) < 4.78 is 24.0. The lowest BCUT2D eigenvalue weighted by atomic mass is 10.2. The molecule has 6 rings (SSSR count). The van der Waals surface area contributed by atoms with Crippen molar-refractivity contribution in [3.05, 3.63) is 85.2 Å². The van der Waals surface area contributed by atoms with Crippen LogP contribution in [0.25, 0.3) is 20.8 Å². The summed E-state index contributed by atoms with van der Waals surface area (Å²) in [6, 6.07) is 16.1. The number of anilines is 2. The van der Waals surface area contributed by atoms with E-state index in [0.29, 0.717) is 18.0 Å². The van der Waals surface area contributed by atoms with Crippen LogP contribution in [0, 0.1) is 5.82 Å². The zero-order valence-corrected chi connectivity index (χ0v) is 22.6. The van der Waals surface area contributed by atoms with Gasteiger partial charge in [0.05, 0.1) is 33.7 Å². The van der Waals surface area contributed by atoms with Gasteiger partial charge in [-0.05, 0) is 37.3 Å². The first-order valence-electron chi connectivity index (χ1n) is 12.7. The first-order valence-corrected chi connectivity index (χ1v) is 13.5. The number of rotatable bonds is 6. The summed E-state index contributed by atoms with van der Waals surface area (Å²) in [5.74, 6) is -0.162. The van der Waals surface area contributed by atoms with Gasteiger partial charge < -0.3 is 9.30 Å². The largest absolute Gasteiger partial charge is 0.453 e. The highest BCUT2D eigenvalue weighted by Crippen LogP contribution is 2.39. The van der Waals surface area contributed by atoms with Crippen LogP contribution in [-0.4, -0.2) is 51.6 Å². The number of hydrogen-bond acceptors (Lipinski definition) is 6. The second-order valence-electron chi connectivity index (χ2n) is 9.20. The van der Waals surface area contributed by atoms with E-state index in [4.69, 9.17) is 4.74 Å². The number of carbonyl (C=O) groups excluding carboxylic acids is 2. The lowest BCUT2D eigenvalue weighted by Crippen LogP contribution is -2.43. The molecule has 0 saturated carbocycles. The maximum absolute atomic E-state index is 15.2. The highest BCUT2D eigenvalue weighted by atomic mass is 32.1. The van der Waals surface area contributed by atoms with Gasteiger partial charge in [0.2, 0.25) is 0 Å². The highest BCUT2D eigenvalue weighted by Gasteiger charge is 2.36. The van der Waals surface area contributed by atoms with Crippen LogP contribution in [0.1, 0.15) is 6.92 Å². The number of carbonyl (C=O) groups is 2. The zero-order valence-electron chi connectivity index (χ0n) is 21.8. The van der Waals surface area contributed by atoms with Crippen molar-refractivity contribution in [3.8, 4) is 22.1 Å². The van der Waals surface area contributed by atoms with E-state index in [1.807, 2.05) is 54.1 Å². The lowest BCUT2D eigenvalue weighted by Gasteiger charge is -2.24. The van der Waals surface area contributed by atoms with Gasteiger partial charge >= 0.3 is 12.1 Å². The van der Waals surface area contributed by atoms with Gasteiger partial charge in [-0.1, -0.05) is 18.2 Å². The Hall–Kier alpha value is -4.77. The Balaban J connectivity index is 1.19. The van der Waals surface area contributed by atoms with E-state index in [2.05, 4.69) is 9.97 Å². The van der Waals surface area contributed by atoms with Gasteiger partial charge in [0.25, 0.3) is 0 Å². The molecule has 4 amide bonds. The number of halogens is 1. The normalized spacial score (nSPS) is 13.3. The minimum absolute atomic E-state index is 0.00908. The third kappa shape index (κ3) is 4.64. The Kier molecular flexibility index (Phi) is 6.64. The fourth-order valence-electron chi connectivity index (χ4n) is 4.53. The molecule has 2 aromatic carbocycles. The highest BCUT2D eigenvalue weighted by molar-refractivity contribution is 7.22. The fraction of sp³-hybridized carbons (Fsp3) is 0.172. The Morgan fingerprint density at radius 2 is 1.90 bits per heavy atom. The number of imidazole rings is 1. The topological polar surface area (TPSA) is 83.8 Å². The van der Waals surface area contributed by atoms with Crippen LogP contribution in [0.15, 0.2) is 79.4 Å². The molecule has 40 heavy (non-hydrogen) atoms. The summed E-state index contributed by atoms with van der Waals surface area (Å²) in [4.78, 5) is 39.8. The zero-order chi connectivity index (χ0) is 27.8. The molecule has 1 saturated heterocycles. The standard InChI is InChI=1S/C29H25FN6O3S/c1-3-34-17-23(32-18-34)26-16-22-27(40-26)25(11-12-31-22)39-24-10-9-20(15-21(24)30)33(2)28(37)36-14-13-35(29(36)38)19-7-5-4-6-8-19/h4-12,15-18H,3,13-14H2,1-2H3. The molecular weight excluding hydrogens is 531 g/mol. The van der Waals surface area contributed by atoms with Crippen LogP contribution >= 0.6 is 11.3 Å². The number of ether oxygens (including phenoxy) is 1. The number of para-hydroxylation sites is 1. The molecule has 0 bridgehead atoms. The number of imide groups is 1. The molecule has 3 aromatic heterocycles. The van der Waals surface area contributed by atoms with Crippen LogP contribution < -0.4 is 14.5 Å². The Labute approximate surface area is 233 Å². The quantitative estimate of drug-likeness (QED) is 0.235. The maximum atomic E-state index is 15.2. The number of thiophene rings is 1. The van der Waals surface area contributed by atoms with Crippen molar-refractivity contribution >= 4 is 45.0 Å². The number of benzene rings is 2. The average Bonchev–Trinajstić information content (AvgIpc) is 3.72. The van der Waals surface area contributed by atoms with Gasteiger partial charge in [-0.3, -0.25) is 14.8 Å². The SMILES string of the molecule is CCn1cnc(-c2cc3nccc(Oc4ccc(N(C)C(=O)N5CCN(c6ccccc6)C5=O)cc4F)c3s2)c1. The number of pyridine rings is 1. The van der Waals surface area contributed by atoms with Gasteiger partial charge in [-0.2, -0.15) is 0 Å². The number of amides is 4. The van der Waals surface area contributed by atoms with Crippen LogP contribution in [0.5, 0.6) is 11.5 Å². The third-order valence-electron chi connectivity index (χ3n) is 6.74. The number of nitrogens with zero attached hydrogens (tertiary/aromatic N) is 6. The molecule has 0 atom stereocenters. The molecule has 202 valence electrons. The van der Waals surface area contributed by atoms with E-state index >= 15 is 4.39 Å². The van der Waals surface area contributed by atoms with Crippen molar-refractivity contribution in [1.82, 2.24) is 19.4 Å². The van der Waals surface area contributed by atoms with Crippen molar-refractivity contribution < 1.29 is 18.7 Å². The van der Waals surface area contributed by atoms with Crippen LogP contribution in [0.2, 0.25) is 0 Å². The van der Waals surface area contributed by atoms with Crippen LogP contribution in [-0.2, 0) is 6.54 Å². The van der Waals surface area contributed by atoms with E-state index in [1.165, 1.54) is 35.4 Å². The molecule has 1 fully saturated rings. The summed E-state index contributed by atoms with van der Waals surface area (Å²) in [5.41, 5.74) is 2.58. The van der Waals surface area contributed by atoms with E-state index in [0.717, 1.165) is 37.9 Å². The van der Waals surface area contributed by atoms with E-state index in [-0.39, 0.29) is 12.3 Å². The van der Waals surface area contributed by atoms with Gasteiger partial charge in [0.1, 0.15) is 5.75 Å². The molecule has 0 spiro atoms. The van der Waals surface area contributed by atoms with Gasteiger partial charge in [-0.15, -0.1) is 11.3 Å². The maximum Gasteiger partial charge on any atom is 0.332 e. The number of fused-ring (bicyclic) bond motifs is 1. The number of hydrogen-bond donors (Lipinski definition) is 0. The smallest absolute Gasteiger partial charge is 0.332 e. The first-order chi connectivity index (χ1) is 19.4. The molecule has 5 aromatic rings. The minimum Gasteiger partial charge on any atom is -0.453 e. The van der Waals surface area contributed by atoms with Crippen molar-refractivity contribution in [3.63, 3.8) is 0 Å². The molecule has 1 aliphatic rings. The molecule has 0 aliphatic carbocycles. The molecule has 0 unspecified atom stereocenters. The molecule has 0 N–H and O–H groups in total. The summed E-state index contributed by atoms with van der Waals surface area (Å²) in [6.45, 7) is 3.48. The summed E-state index contributed by atoms with van der Waals surface area (Å²) in [5, 5.41) is 0. The van der Waals surface area contributed by atoms with Gasteiger partial charge in [0, 0.05) is 56.0 Å². The number of aryl methyl sites for hydroxylation is 1. The predicted octanol–water partition coefficient (Wildman–Crippen LogP) is 6.61. The number of urea groups is 2. The molecule has 11 heteroatoms. The van der Waals surface area contributed by atoms with Crippen LogP contribution in [0.3, 0.4) is 0 Å². The lowest BCUT2D eigenvalue weighted by molar-refractivity contribution is 0.205. The monoisotopic (exact) mass is 556 g/mol. The third-order valence-corrected chi connectivity index (χ3v) is 7.91. The second-order valence-corrected chi connectivity index (χ2v) is 10.3. The molecule has 4 heterocycles. The molecule has 1 aliphatic heterocycles. The summed E-state index contributed by atoms with van der Waals surface area (Å²) >= 11 is 1.47. The first kappa shape index (κ1) is 25.5. The van der Waals surface area contributed by atoms with Gasteiger partial charge in [0.15, 0.2) is 11.6 Å². The van der Waals surface area contributed by atoms with Crippen molar-refractivity contribution in [2.45, 2.75) is 13.5 Å². The van der Waals surface area contributed by atoms with Gasteiger partial charge in [-0.25, -0.2) is 23.9 Å². The van der Waals surface area contributed by atoms with Crippen molar-refractivity contribution in [2.75, 3.05) is 29.9 Å². The Bertz CT molecular complexity index is 1720. The van der Waals surface area contributed by atoms with E-state index in [1.54, 1.807) is 29.6 Å². The van der Waals surface area contributed by atoms with Crippen molar-refractivity contribution in [2.24, 2.45) is 0 Å². The van der Waals surface area contributed by atoms with E-state index < -0.39 is 17.9 Å². The molecule has 9 nitrogen and oxygen atoms in total. The van der Waals surface area contributed by atoms with Crippen LogP contribution in [0.4, 0.5) is 25.4 Å². The minimum atomic E-state index is -0.640. The number of aromatic nitrogens is 3. The summed E-state index contributed by atoms with van der Waals surface area (Å²) in [7, 11) is 1.51. The Morgan fingerprint density at radius 1 is 1.07 bits per heavy atom. The second kappa shape index (κ2) is 10.4. The fourth-order valence-corrected chi connectivity index (χ4v) is 5.56. The van der Waals surface area contributed by atoms with Crippen molar-refractivity contribution in [1.29, 1.82) is 0 Å². The Morgan fingerprint density at radius 3 is 2.65 bits per heavy atom.